The van der Waals surface area contributed by atoms with Gasteiger partial charge in [0.1, 0.15) is 0 Å². The lowest BCUT2D eigenvalue weighted by atomic mass is 10.1. The summed E-state index contributed by atoms with van der Waals surface area (Å²) in [7, 11) is -1.93. The fraction of sp³-hybridized carbons (Fsp3) is 0.538. The molecule has 1 aromatic rings. The minimum absolute atomic E-state index is 0.209. The molecule has 108 valence electrons. The van der Waals surface area contributed by atoms with Crippen molar-refractivity contribution in [3.8, 4) is 0 Å². The molecule has 0 heterocycles. The van der Waals surface area contributed by atoms with E-state index in [1.165, 1.54) is 7.05 Å². The number of hydrogen-bond acceptors (Lipinski definition) is 4. The summed E-state index contributed by atoms with van der Waals surface area (Å²) in [4.78, 5) is 0.295. The number of hydrogen-bond donors (Lipinski definition) is 2. The van der Waals surface area contributed by atoms with Crippen molar-refractivity contribution in [1.82, 2.24) is 10.0 Å². The molecule has 0 saturated heterocycles. The maximum absolute atomic E-state index is 11.6. The van der Waals surface area contributed by atoms with Crippen LogP contribution in [0.5, 0.6) is 0 Å². The van der Waals surface area contributed by atoms with E-state index in [0.717, 1.165) is 12.1 Å². The van der Waals surface area contributed by atoms with E-state index in [4.69, 9.17) is 0 Å². The normalized spacial score (nSPS) is 15.2. The predicted molar refractivity (Wildman–Crippen MR) is 82.1 cm³/mol. The third-order valence-corrected chi connectivity index (χ3v) is 5.47. The Morgan fingerprint density at radius 3 is 2.26 bits per heavy atom. The van der Waals surface area contributed by atoms with Gasteiger partial charge in [0.2, 0.25) is 10.0 Å². The zero-order valence-corrected chi connectivity index (χ0v) is 13.4. The molecule has 0 unspecified atom stereocenters. The quantitative estimate of drug-likeness (QED) is 0.809. The maximum atomic E-state index is 11.6. The first-order valence-electron chi connectivity index (χ1n) is 6.20. The topological polar surface area (TPSA) is 58.2 Å². The Bertz CT molecular complexity index is 486. The second-order valence-electron chi connectivity index (χ2n) is 4.45. The first kappa shape index (κ1) is 16.5. The lowest BCUT2D eigenvalue weighted by molar-refractivity contribution is 0.574. The van der Waals surface area contributed by atoms with Gasteiger partial charge in [0, 0.05) is 17.8 Å². The van der Waals surface area contributed by atoms with Crippen LogP contribution < -0.4 is 10.0 Å². The molecule has 2 N–H and O–H groups in total. The molecule has 1 aromatic carbocycles. The second-order valence-corrected chi connectivity index (χ2v) is 7.62. The van der Waals surface area contributed by atoms with E-state index in [-0.39, 0.29) is 6.04 Å². The Balaban J connectivity index is 2.71. The van der Waals surface area contributed by atoms with Crippen LogP contribution >= 0.6 is 11.8 Å². The van der Waals surface area contributed by atoms with Crippen molar-refractivity contribution in [2.24, 2.45) is 0 Å². The van der Waals surface area contributed by atoms with Crippen LogP contribution in [0.25, 0.3) is 0 Å². The van der Waals surface area contributed by atoms with E-state index in [1.54, 1.807) is 12.1 Å². The van der Waals surface area contributed by atoms with Crippen LogP contribution in [0.2, 0.25) is 0 Å². The monoisotopic (exact) mass is 302 g/mol. The van der Waals surface area contributed by atoms with Gasteiger partial charge < -0.3 is 5.32 Å². The van der Waals surface area contributed by atoms with E-state index in [9.17, 15) is 8.42 Å². The summed E-state index contributed by atoms with van der Waals surface area (Å²) in [6, 6.07) is 7.19. The summed E-state index contributed by atoms with van der Waals surface area (Å²) >= 11 is 1.82. The van der Waals surface area contributed by atoms with Crippen LogP contribution in [-0.2, 0) is 10.0 Å². The Morgan fingerprint density at radius 1 is 1.21 bits per heavy atom. The van der Waals surface area contributed by atoms with Gasteiger partial charge in [-0.3, -0.25) is 0 Å². The van der Waals surface area contributed by atoms with Gasteiger partial charge in [0.05, 0.1) is 4.90 Å². The Kier molecular flexibility index (Phi) is 6.32. The molecular formula is C13H22N2O2S2. The standard InChI is InChI=1S/C13H22N2O2S2/c1-10(18-4)9-15-11(2)12-5-7-13(8-6-12)19(16,17)14-3/h5-8,10-11,14-15H,9H2,1-4H3/t10-,11-/m0/s1. The van der Waals surface area contributed by atoms with Gasteiger partial charge in [-0.15, -0.1) is 0 Å². The molecular weight excluding hydrogens is 280 g/mol. The number of nitrogens with one attached hydrogen (secondary N) is 2. The average molecular weight is 302 g/mol. The van der Waals surface area contributed by atoms with Crippen molar-refractivity contribution in [3.63, 3.8) is 0 Å². The zero-order valence-electron chi connectivity index (χ0n) is 11.8. The minimum Gasteiger partial charge on any atom is -0.309 e. The first-order chi connectivity index (χ1) is 8.90. The van der Waals surface area contributed by atoms with Crippen molar-refractivity contribution in [3.05, 3.63) is 29.8 Å². The van der Waals surface area contributed by atoms with Crippen molar-refractivity contribution < 1.29 is 8.42 Å². The molecule has 0 aliphatic carbocycles. The molecule has 0 aliphatic rings. The second kappa shape index (κ2) is 7.28. The molecule has 6 heteroatoms. The van der Waals surface area contributed by atoms with E-state index in [0.29, 0.717) is 10.1 Å². The molecule has 4 nitrogen and oxygen atoms in total. The summed E-state index contributed by atoms with van der Waals surface area (Å²) < 4.78 is 25.5. The third kappa shape index (κ3) is 4.80. The highest BCUT2D eigenvalue weighted by molar-refractivity contribution is 7.99. The lowest BCUT2D eigenvalue weighted by Crippen LogP contribution is -2.25. The van der Waals surface area contributed by atoms with E-state index < -0.39 is 10.0 Å². The highest BCUT2D eigenvalue weighted by Crippen LogP contribution is 2.16. The van der Waals surface area contributed by atoms with Crippen LogP contribution in [0.15, 0.2) is 29.2 Å². The molecule has 0 aliphatic heterocycles. The molecule has 0 spiro atoms. The third-order valence-electron chi connectivity index (χ3n) is 3.07. The number of thioether (sulfide) groups is 1. The molecule has 0 amide bonds. The van der Waals surface area contributed by atoms with E-state index >= 15 is 0 Å². The summed E-state index contributed by atoms with van der Waals surface area (Å²) in [5, 5.41) is 4.00. The summed E-state index contributed by atoms with van der Waals surface area (Å²) in [5.74, 6) is 0. The van der Waals surface area contributed by atoms with Crippen molar-refractivity contribution in [1.29, 1.82) is 0 Å². The number of rotatable bonds is 7. The van der Waals surface area contributed by atoms with Gasteiger partial charge in [0.15, 0.2) is 0 Å². The molecule has 0 fully saturated rings. The minimum atomic E-state index is -3.34. The van der Waals surface area contributed by atoms with Gasteiger partial charge in [-0.25, -0.2) is 13.1 Å². The van der Waals surface area contributed by atoms with Crippen LogP contribution in [0.4, 0.5) is 0 Å². The summed E-state index contributed by atoms with van der Waals surface area (Å²) in [5.41, 5.74) is 1.09. The number of sulfonamides is 1. The van der Waals surface area contributed by atoms with E-state index in [2.05, 4.69) is 30.1 Å². The van der Waals surface area contributed by atoms with E-state index in [1.807, 2.05) is 23.9 Å². The number of benzene rings is 1. The Hall–Kier alpha value is -0.560. The highest BCUT2D eigenvalue weighted by Gasteiger charge is 2.12. The van der Waals surface area contributed by atoms with Crippen molar-refractivity contribution in [2.75, 3.05) is 19.8 Å². The van der Waals surface area contributed by atoms with Gasteiger partial charge in [-0.05, 0) is 37.9 Å². The zero-order chi connectivity index (χ0) is 14.5. The average Bonchev–Trinajstić information content (AvgIpc) is 2.44. The SMILES string of the molecule is CNS(=O)(=O)c1ccc([C@H](C)NC[C@H](C)SC)cc1. The van der Waals surface area contributed by atoms with Gasteiger partial charge in [-0.1, -0.05) is 19.1 Å². The van der Waals surface area contributed by atoms with Crippen molar-refractivity contribution in [2.45, 2.75) is 30.0 Å². The molecule has 1 rings (SSSR count). The first-order valence-corrected chi connectivity index (χ1v) is 8.97. The van der Waals surface area contributed by atoms with Gasteiger partial charge in [-0.2, -0.15) is 11.8 Å². The Morgan fingerprint density at radius 2 is 1.79 bits per heavy atom. The molecule has 0 bridgehead atoms. The van der Waals surface area contributed by atoms with Gasteiger partial charge >= 0.3 is 0 Å². The molecule has 0 aromatic heterocycles. The largest absolute Gasteiger partial charge is 0.309 e. The smallest absolute Gasteiger partial charge is 0.240 e. The maximum Gasteiger partial charge on any atom is 0.240 e. The molecule has 2 atom stereocenters. The fourth-order valence-corrected chi connectivity index (χ4v) is 2.59. The van der Waals surface area contributed by atoms with Crippen molar-refractivity contribution >= 4 is 21.8 Å². The molecule has 0 radical (unpaired) electrons. The summed E-state index contributed by atoms with van der Waals surface area (Å²) in [6.07, 6.45) is 2.09. The summed E-state index contributed by atoms with van der Waals surface area (Å²) in [6.45, 7) is 5.18. The Labute approximate surface area is 120 Å². The highest BCUT2D eigenvalue weighted by atomic mass is 32.2. The van der Waals surface area contributed by atoms with Gasteiger partial charge in [0.25, 0.3) is 0 Å². The van der Waals surface area contributed by atoms with Crippen LogP contribution in [0, 0.1) is 0 Å². The van der Waals surface area contributed by atoms with Crippen LogP contribution in [0.3, 0.4) is 0 Å². The lowest BCUT2D eigenvalue weighted by Gasteiger charge is -2.17. The molecule has 0 saturated carbocycles. The molecule has 19 heavy (non-hydrogen) atoms. The fourth-order valence-electron chi connectivity index (χ4n) is 1.60. The van der Waals surface area contributed by atoms with Crippen LogP contribution in [-0.4, -0.2) is 33.5 Å². The predicted octanol–water partition coefficient (Wildman–Crippen LogP) is 2.00. The van der Waals surface area contributed by atoms with Crippen LogP contribution in [0.1, 0.15) is 25.5 Å².